The van der Waals surface area contributed by atoms with Crippen LogP contribution in [0, 0.1) is 31.1 Å². The summed E-state index contributed by atoms with van der Waals surface area (Å²) >= 11 is 0. The van der Waals surface area contributed by atoms with Crippen LogP contribution < -0.4 is 30.6 Å². The van der Waals surface area contributed by atoms with Crippen LogP contribution in [-0.4, -0.2) is 35.8 Å². The fourth-order valence-corrected chi connectivity index (χ4v) is 12.5. The normalized spacial score (nSPS) is 11.6. The van der Waals surface area contributed by atoms with Crippen LogP contribution in [-0.2, 0) is 28.8 Å². The van der Waals surface area contributed by atoms with Crippen LogP contribution in [0.1, 0.15) is 504 Å². The van der Waals surface area contributed by atoms with Crippen molar-refractivity contribution in [2.45, 2.75) is 504 Å². The van der Waals surface area contributed by atoms with E-state index in [2.05, 4.69) is 187 Å². The van der Waals surface area contributed by atoms with Crippen LogP contribution in [0.2, 0.25) is 0 Å². The summed E-state index contributed by atoms with van der Waals surface area (Å²) in [6, 6.07) is 0. The third-order valence-corrected chi connectivity index (χ3v) is 20.0. The zero-order valence-electron chi connectivity index (χ0n) is 79.2. The predicted octanol–water partition coefficient (Wildman–Crippen LogP) is 27.3. The molecule has 0 N–H and O–H groups in total. The first-order valence-corrected chi connectivity index (χ1v) is 49.6. The first kappa shape index (κ1) is 129. The number of unbranched alkanes of at least 4 members (excludes halogenated alkanes) is 48. The molecule has 12 nitrogen and oxygen atoms in total. The molecule has 0 unspecified atom stereocenters. The molecule has 0 aliphatic heterocycles. The Morgan fingerprint density at radius 3 is 0.331 bits per heavy atom. The predicted molar refractivity (Wildman–Crippen MR) is 506 cm³/mol. The maximum absolute atomic E-state index is 10.2. The van der Waals surface area contributed by atoms with E-state index in [1.54, 1.807) is 0 Å². The monoisotopic (exact) mass is 1910 g/mol. The number of rotatable bonds is 84. The summed E-state index contributed by atoms with van der Waals surface area (Å²) < 4.78 is 0. The fourth-order valence-electron chi connectivity index (χ4n) is 12.5. The Hall–Kier alpha value is -5.25. The zero-order chi connectivity index (χ0) is 89.3. The molecule has 0 rings (SSSR count). The van der Waals surface area contributed by atoms with Gasteiger partial charge in [-0.1, -0.05) is 380 Å². The van der Waals surface area contributed by atoms with Crippen molar-refractivity contribution in [1.29, 1.82) is 0 Å². The van der Waals surface area contributed by atoms with E-state index in [9.17, 15) is 59.4 Å². The molecule has 0 aromatic rings. The van der Waals surface area contributed by atoms with Crippen molar-refractivity contribution in [2.75, 3.05) is 0 Å². The summed E-state index contributed by atoms with van der Waals surface area (Å²) in [5.74, 6) is -5.52. The van der Waals surface area contributed by atoms with Gasteiger partial charge in [-0.2, -0.15) is 0 Å². The first-order valence-electron chi connectivity index (χ1n) is 49.6. The van der Waals surface area contributed by atoms with Gasteiger partial charge in [-0.15, -0.1) is 0 Å². The van der Waals surface area contributed by atoms with Gasteiger partial charge in [0.15, 0.2) is 0 Å². The maximum Gasteiger partial charge on any atom is 6.00 e. The largest absolute Gasteiger partial charge is 6.00 e. The molecule has 13 heteroatoms. The van der Waals surface area contributed by atoms with Gasteiger partial charge in [0, 0.05) is 35.8 Å². The van der Waals surface area contributed by atoms with Crippen molar-refractivity contribution < 1.29 is 90.5 Å². The average Bonchev–Trinajstić information content (AvgIpc) is 1.37. The molecule has 0 bridgehead atoms. The molecule has 0 aliphatic carbocycles. The van der Waals surface area contributed by atoms with Gasteiger partial charge in [-0.3, -0.25) is 0 Å². The summed E-state index contributed by atoms with van der Waals surface area (Å²) in [5.41, 5.74) is 0. The Kier molecular flexibility index (Phi) is 134. The SMILES string of the molecule is CCCCC/C=C\C/C=C\CCCCCCCC(=O)[O-].CCCCC/C=C\C/C=C\CCCCCCCC(=O)[O-].CCCCC/C=C\C/C=C\CCCCCCCC(=O)[O-].CCCCC/C=C\C/C=C\CCCCCCCC(=O)[O-].CCCCC/C=C\C/C=C\CCCCCCCC(=O)[O-].CCCCC/C=C\C/C=C\CCCCCCCC(=O)[O-].[U+6]. The second kappa shape index (κ2) is 126. The third kappa shape index (κ3) is 156. The number of hydrogen-bond acceptors (Lipinski definition) is 12. The molecule has 0 aliphatic rings. The second-order valence-electron chi connectivity index (χ2n) is 32.1. The summed E-state index contributed by atoms with van der Waals surface area (Å²) in [5, 5.41) is 61.2. The summed E-state index contributed by atoms with van der Waals surface area (Å²) in [7, 11) is 0. The van der Waals surface area contributed by atoms with Gasteiger partial charge < -0.3 is 59.4 Å². The molecule has 0 radical (unpaired) electrons. The quantitative estimate of drug-likeness (QED) is 0.0408. The van der Waals surface area contributed by atoms with E-state index in [1.807, 2.05) is 0 Å². The Balaban J connectivity index is -0.000000257. The minimum atomic E-state index is -0.921. The third-order valence-electron chi connectivity index (χ3n) is 20.0. The molecule has 0 aromatic heterocycles. The van der Waals surface area contributed by atoms with Crippen LogP contribution in [0.4, 0.5) is 0 Å². The van der Waals surface area contributed by atoms with Gasteiger partial charge in [0.25, 0.3) is 0 Å². The zero-order valence-corrected chi connectivity index (χ0v) is 83.3. The topological polar surface area (TPSA) is 241 Å². The molecule has 0 fully saturated rings. The van der Waals surface area contributed by atoms with Crippen LogP contribution in [0.25, 0.3) is 0 Å². The Labute approximate surface area is 770 Å². The van der Waals surface area contributed by atoms with Gasteiger partial charge in [0.05, 0.1) is 0 Å². The fraction of sp³-hybridized carbons (Fsp3) is 0.722. The number of hydrogen-bond donors (Lipinski definition) is 0. The second-order valence-corrected chi connectivity index (χ2v) is 32.1. The number of aliphatic carboxylic acids is 6. The number of allylic oxidation sites excluding steroid dienone is 24. The van der Waals surface area contributed by atoms with Gasteiger partial charge in [-0.25, -0.2) is 0 Å². The molecular formula is C108H186O12U. The van der Waals surface area contributed by atoms with Gasteiger partial charge in [-0.05, 0) is 270 Å². The molecule has 0 spiro atoms. The molecule has 0 atom stereocenters. The van der Waals surface area contributed by atoms with E-state index in [1.165, 1.54) is 231 Å². The number of carbonyl (C=O) groups excluding carboxylic acids is 6. The number of carboxylic acids is 6. The van der Waals surface area contributed by atoms with Crippen molar-refractivity contribution in [3.05, 3.63) is 146 Å². The van der Waals surface area contributed by atoms with Crippen LogP contribution in [0.15, 0.2) is 146 Å². The number of carbonyl (C=O) groups is 6. The van der Waals surface area contributed by atoms with E-state index in [0.29, 0.717) is 0 Å². The van der Waals surface area contributed by atoms with Crippen molar-refractivity contribution in [1.82, 2.24) is 0 Å². The standard InChI is InChI=1S/6C18H32O2.U/c6*1-2-3-4-5-6-7-8-9-10-11-12-13-14-15-16-17-18(19)20;/h6*6-7,9-10H,2-5,8,11-17H2,1H3,(H,19,20);/q;;;;;;+6/p-6/b6*7-6-,10-9-;. The number of carboxylic acid groups (broad SMARTS) is 6. The Morgan fingerprint density at radius 2 is 0.231 bits per heavy atom. The molecule has 0 saturated carbocycles. The molecule has 121 heavy (non-hydrogen) atoms. The Bertz CT molecular complexity index is 2040. The molecule has 694 valence electrons. The van der Waals surface area contributed by atoms with E-state index in [4.69, 9.17) is 0 Å². The molecule has 0 aromatic carbocycles. The van der Waals surface area contributed by atoms with Crippen molar-refractivity contribution in [2.24, 2.45) is 0 Å². The smallest absolute Gasteiger partial charge is 0.550 e. The van der Waals surface area contributed by atoms with Crippen LogP contribution >= 0.6 is 0 Å². The summed E-state index contributed by atoms with van der Waals surface area (Å²) in [6.07, 6.45) is 132. The minimum absolute atomic E-state index is 0. The van der Waals surface area contributed by atoms with Gasteiger partial charge >= 0.3 is 31.1 Å². The summed E-state index contributed by atoms with van der Waals surface area (Å²) in [4.78, 5) is 61.2. The minimum Gasteiger partial charge on any atom is -0.550 e. The molecule has 0 saturated heterocycles. The molecular weight excluding hydrogens is 1730 g/mol. The van der Waals surface area contributed by atoms with E-state index >= 15 is 0 Å². The maximum atomic E-state index is 10.2. The van der Waals surface area contributed by atoms with Crippen molar-refractivity contribution in [3.63, 3.8) is 0 Å². The first-order chi connectivity index (χ1) is 58.6. The van der Waals surface area contributed by atoms with E-state index in [0.717, 1.165) is 193 Å². The Morgan fingerprint density at radius 1 is 0.140 bits per heavy atom. The van der Waals surface area contributed by atoms with Crippen LogP contribution in [0.5, 0.6) is 0 Å². The van der Waals surface area contributed by atoms with Gasteiger partial charge in [0.2, 0.25) is 0 Å². The average molecular weight is 1910 g/mol. The van der Waals surface area contributed by atoms with E-state index in [-0.39, 0.29) is 69.6 Å². The molecule has 0 amide bonds. The van der Waals surface area contributed by atoms with Crippen molar-refractivity contribution >= 4 is 35.8 Å². The van der Waals surface area contributed by atoms with Crippen molar-refractivity contribution in [3.8, 4) is 0 Å². The summed E-state index contributed by atoms with van der Waals surface area (Å²) in [6.45, 7) is 13.4. The molecule has 0 heterocycles. The van der Waals surface area contributed by atoms with E-state index < -0.39 is 35.8 Å². The van der Waals surface area contributed by atoms with Crippen LogP contribution in [0.3, 0.4) is 0 Å². The van der Waals surface area contributed by atoms with Gasteiger partial charge in [0.1, 0.15) is 0 Å².